The van der Waals surface area contributed by atoms with Gasteiger partial charge in [-0.3, -0.25) is 4.79 Å². The van der Waals surface area contributed by atoms with Gasteiger partial charge >= 0.3 is 6.03 Å². The van der Waals surface area contributed by atoms with E-state index >= 15 is 0 Å². The van der Waals surface area contributed by atoms with Gasteiger partial charge in [-0.25, -0.2) is 4.79 Å². The maximum Gasteiger partial charge on any atom is 0.315 e. The number of para-hydroxylation sites is 1. The zero-order valence-electron chi connectivity index (χ0n) is 17.4. The summed E-state index contributed by atoms with van der Waals surface area (Å²) in [6, 6.07) is 17.5. The summed E-state index contributed by atoms with van der Waals surface area (Å²) < 4.78 is 0. The summed E-state index contributed by atoms with van der Waals surface area (Å²) in [5, 5.41) is 8.85. The Bertz CT molecular complexity index is 861. The smallest absolute Gasteiger partial charge is 0.315 e. The highest BCUT2D eigenvalue weighted by Crippen LogP contribution is 2.25. The van der Waals surface area contributed by atoms with Gasteiger partial charge in [-0.15, -0.1) is 6.58 Å². The molecule has 158 valence electrons. The number of carbonyl (C=O) groups is 2. The van der Waals surface area contributed by atoms with Crippen LogP contribution >= 0.6 is 0 Å². The molecule has 1 saturated heterocycles. The summed E-state index contributed by atoms with van der Waals surface area (Å²) in [5.74, 6) is -0.0778. The van der Waals surface area contributed by atoms with Crippen LogP contribution in [0.2, 0.25) is 0 Å². The molecule has 0 spiro atoms. The molecule has 1 heterocycles. The van der Waals surface area contributed by atoms with E-state index in [0.29, 0.717) is 12.1 Å². The Hall–Kier alpha value is -3.28. The SMILES string of the molecule is C=CCNC(=O)NC1CCN(c2ccccc2C(=O)N[C@H](C)c2ccccc2)CC1. The fraction of sp³-hybridized carbons (Fsp3) is 0.333. The van der Waals surface area contributed by atoms with Crippen LogP contribution in [0.25, 0.3) is 0 Å². The zero-order chi connectivity index (χ0) is 21.3. The molecule has 0 aliphatic carbocycles. The molecule has 6 nitrogen and oxygen atoms in total. The predicted octanol–water partition coefficient (Wildman–Crippen LogP) is 3.63. The van der Waals surface area contributed by atoms with E-state index in [9.17, 15) is 9.59 Å². The van der Waals surface area contributed by atoms with Crippen LogP contribution in [0.4, 0.5) is 10.5 Å². The van der Waals surface area contributed by atoms with Crippen LogP contribution in [0, 0.1) is 0 Å². The first-order valence-corrected chi connectivity index (χ1v) is 10.4. The van der Waals surface area contributed by atoms with Crippen molar-refractivity contribution in [2.24, 2.45) is 0 Å². The van der Waals surface area contributed by atoms with Gasteiger partial charge in [-0.05, 0) is 37.5 Å². The lowest BCUT2D eigenvalue weighted by atomic mass is 10.0. The topological polar surface area (TPSA) is 73.5 Å². The van der Waals surface area contributed by atoms with Gasteiger partial charge in [0.15, 0.2) is 0 Å². The molecular weight excluding hydrogens is 376 g/mol. The average molecular weight is 407 g/mol. The minimum absolute atomic E-state index is 0.0734. The van der Waals surface area contributed by atoms with Gasteiger partial charge in [0.05, 0.1) is 11.6 Å². The van der Waals surface area contributed by atoms with E-state index in [1.165, 1.54) is 0 Å². The summed E-state index contributed by atoms with van der Waals surface area (Å²) >= 11 is 0. The van der Waals surface area contributed by atoms with Gasteiger partial charge < -0.3 is 20.9 Å². The lowest BCUT2D eigenvalue weighted by Gasteiger charge is -2.35. The summed E-state index contributed by atoms with van der Waals surface area (Å²) in [6.45, 7) is 7.61. The molecule has 0 bridgehead atoms. The van der Waals surface area contributed by atoms with Crippen molar-refractivity contribution in [2.75, 3.05) is 24.5 Å². The molecule has 3 amide bonds. The van der Waals surface area contributed by atoms with Gasteiger partial charge in [0.1, 0.15) is 0 Å². The number of hydrogen-bond donors (Lipinski definition) is 3. The van der Waals surface area contributed by atoms with Crippen LogP contribution in [-0.2, 0) is 0 Å². The van der Waals surface area contributed by atoms with Crippen molar-refractivity contribution < 1.29 is 9.59 Å². The summed E-state index contributed by atoms with van der Waals surface area (Å²) in [6.07, 6.45) is 3.32. The lowest BCUT2D eigenvalue weighted by Crippen LogP contribution is -2.48. The predicted molar refractivity (Wildman–Crippen MR) is 121 cm³/mol. The number of hydrogen-bond acceptors (Lipinski definition) is 3. The minimum Gasteiger partial charge on any atom is -0.371 e. The van der Waals surface area contributed by atoms with Crippen LogP contribution in [0.5, 0.6) is 0 Å². The number of carbonyl (C=O) groups excluding carboxylic acids is 2. The van der Waals surface area contributed by atoms with Crippen molar-refractivity contribution in [3.63, 3.8) is 0 Å². The highest BCUT2D eigenvalue weighted by atomic mass is 16.2. The molecule has 0 unspecified atom stereocenters. The minimum atomic E-state index is -0.164. The maximum absolute atomic E-state index is 13.0. The van der Waals surface area contributed by atoms with Crippen molar-refractivity contribution in [3.05, 3.63) is 78.4 Å². The van der Waals surface area contributed by atoms with E-state index in [0.717, 1.165) is 37.2 Å². The fourth-order valence-electron chi connectivity index (χ4n) is 3.71. The number of anilines is 1. The van der Waals surface area contributed by atoms with Gasteiger partial charge in [0.2, 0.25) is 0 Å². The van der Waals surface area contributed by atoms with Crippen molar-refractivity contribution >= 4 is 17.6 Å². The number of rotatable bonds is 7. The first-order valence-electron chi connectivity index (χ1n) is 10.4. The second-order valence-corrected chi connectivity index (χ2v) is 7.53. The van der Waals surface area contributed by atoms with Gasteiger partial charge in [0.25, 0.3) is 5.91 Å². The van der Waals surface area contributed by atoms with Crippen LogP contribution in [-0.4, -0.2) is 37.6 Å². The van der Waals surface area contributed by atoms with Crippen LogP contribution in [0.3, 0.4) is 0 Å². The Morgan fingerprint density at radius 1 is 1.10 bits per heavy atom. The van der Waals surface area contributed by atoms with E-state index in [1.807, 2.05) is 61.5 Å². The van der Waals surface area contributed by atoms with E-state index in [4.69, 9.17) is 0 Å². The quantitative estimate of drug-likeness (QED) is 0.615. The van der Waals surface area contributed by atoms with E-state index in [2.05, 4.69) is 27.4 Å². The molecule has 1 aliphatic rings. The molecule has 3 rings (SSSR count). The van der Waals surface area contributed by atoms with Crippen molar-refractivity contribution in [1.29, 1.82) is 0 Å². The maximum atomic E-state index is 13.0. The van der Waals surface area contributed by atoms with Gasteiger partial charge in [-0.2, -0.15) is 0 Å². The summed E-state index contributed by atoms with van der Waals surface area (Å²) in [5.41, 5.74) is 2.69. The number of nitrogens with one attached hydrogen (secondary N) is 3. The molecule has 2 aromatic carbocycles. The van der Waals surface area contributed by atoms with E-state index in [-0.39, 0.29) is 24.0 Å². The molecular formula is C24H30N4O2. The van der Waals surface area contributed by atoms with Crippen molar-refractivity contribution in [2.45, 2.75) is 31.8 Å². The molecule has 1 fully saturated rings. The highest BCUT2D eigenvalue weighted by Gasteiger charge is 2.24. The average Bonchev–Trinajstić information content (AvgIpc) is 2.78. The Kier molecular flexibility index (Phi) is 7.49. The van der Waals surface area contributed by atoms with E-state index in [1.54, 1.807) is 6.08 Å². The van der Waals surface area contributed by atoms with Crippen LogP contribution in [0.15, 0.2) is 67.3 Å². The largest absolute Gasteiger partial charge is 0.371 e. The zero-order valence-corrected chi connectivity index (χ0v) is 17.4. The van der Waals surface area contributed by atoms with Gasteiger partial charge in [-0.1, -0.05) is 48.5 Å². The molecule has 6 heteroatoms. The highest BCUT2D eigenvalue weighted by molar-refractivity contribution is 6.00. The standard InChI is InChI=1S/C24H30N4O2/c1-3-15-25-24(30)27-20-13-16-28(17-14-20)22-12-8-7-11-21(22)23(29)26-18(2)19-9-5-4-6-10-19/h3-12,18,20H,1,13-17H2,2H3,(H,26,29)(H2,25,27,30)/t18-/m1/s1. The summed E-state index contributed by atoms with van der Waals surface area (Å²) in [4.78, 5) is 27.1. The molecule has 1 aliphatic heterocycles. The monoisotopic (exact) mass is 406 g/mol. The van der Waals surface area contributed by atoms with Gasteiger partial charge in [0, 0.05) is 31.4 Å². The van der Waals surface area contributed by atoms with Crippen molar-refractivity contribution in [1.82, 2.24) is 16.0 Å². The second kappa shape index (κ2) is 10.5. The third kappa shape index (κ3) is 5.63. The number of piperidine rings is 1. The molecule has 2 aromatic rings. The normalized spacial score (nSPS) is 15.2. The Morgan fingerprint density at radius 3 is 2.47 bits per heavy atom. The van der Waals surface area contributed by atoms with Crippen LogP contribution in [0.1, 0.15) is 41.7 Å². The second-order valence-electron chi connectivity index (χ2n) is 7.53. The number of amides is 3. The summed E-state index contributed by atoms with van der Waals surface area (Å²) in [7, 11) is 0. The number of nitrogens with zero attached hydrogens (tertiary/aromatic N) is 1. The third-order valence-electron chi connectivity index (χ3n) is 5.37. The Balaban J connectivity index is 1.61. The first kappa shape index (κ1) is 21.4. The first-order chi connectivity index (χ1) is 14.6. The lowest BCUT2D eigenvalue weighted by molar-refractivity contribution is 0.0940. The van der Waals surface area contributed by atoms with Crippen molar-refractivity contribution in [3.8, 4) is 0 Å². The molecule has 0 radical (unpaired) electrons. The number of urea groups is 1. The number of benzene rings is 2. The fourth-order valence-corrected chi connectivity index (χ4v) is 3.71. The Morgan fingerprint density at radius 2 is 1.77 bits per heavy atom. The Labute approximate surface area is 178 Å². The molecule has 30 heavy (non-hydrogen) atoms. The molecule has 1 atom stereocenters. The molecule has 0 saturated carbocycles. The third-order valence-corrected chi connectivity index (χ3v) is 5.37. The molecule has 0 aromatic heterocycles. The molecule has 3 N–H and O–H groups in total. The van der Waals surface area contributed by atoms with E-state index < -0.39 is 0 Å². The van der Waals surface area contributed by atoms with Crippen LogP contribution < -0.4 is 20.9 Å².